The molecule has 5 nitrogen and oxygen atoms in total. The number of carboxylic acid groups (broad SMARTS) is 1. The number of carbonyl (C=O) groups is 2. The summed E-state index contributed by atoms with van der Waals surface area (Å²) < 4.78 is 27.5. The quantitative estimate of drug-likeness (QED) is 0.358. The SMILES string of the molecule is O=C(O)C1CC1C(=O)c1ccc(-c2ccc(Nc3nc4cc(F)cc(F)c4s3)cc2)cc1. The number of carbonyl (C=O) groups excluding carboxylic acids is 1. The Balaban J connectivity index is 1.29. The fourth-order valence-corrected chi connectivity index (χ4v) is 4.55. The Morgan fingerprint density at radius 3 is 2.25 bits per heavy atom. The number of nitrogens with zero attached hydrogens (tertiary/aromatic N) is 1. The fourth-order valence-electron chi connectivity index (χ4n) is 3.68. The van der Waals surface area contributed by atoms with Crippen LogP contribution in [0.2, 0.25) is 0 Å². The summed E-state index contributed by atoms with van der Waals surface area (Å²) >= 11 is 1.11. The Hall–Kier alpha value is -3.65. The van der Waals surface area contributed by atoms with Gasteiger partial charge < -0.3 is 10.4 Å². The molecule has 1 heterocycles. The van der Waals surface area contributed by atoms with E-state index in [0.29, 0.717) is 21.8 Å². The molecular formula is C24H16F2N2O3S. The number of fused-ring (bicyclic) bond motifs is 1. The number of benzene rings is 3. The lowest BCUT2D eigenvalue weighted by molar-refractivity contribution is -0.138. The highest BCUT2D eigenvalue weighted by molar-refractivity contribution is 7.22. The number of rotatable bonds is 6. The molecule has 0 spiro atoms. The third kappa shape index (κ3) is 3.85. The highest BCUT2D eigenvalue weighted by Crippen LogP contribution is 2.41. The summed E-state index contributed by atoms with van der Waals surface area (Å²) in [6.07, 6.45) is 0.403. The molecule has 2 unspecified atom stereocenters. The van der Waals surface area contributed by atoms with Gasteiger partial charge in [0.05, 0.1) is 16.1 Å². The van der Waals surface area contributed by atoms with Gasteiger partial charge in [0, 0.05) is 29.3 Å². The molecule has 0 saturated heterocycles. The van der Waals surface area contributed by atoms with E-state index in [1.54, 1.807) is 12.1 Å². The number of nitrogens with one attached hydrogen (secondary N) is 1. The van der Waals surface area contributed by atoms with Crippen LogP contribution < -0.4 is 5.32 Å². The number of aliphatic carboxylic acids is 1. The molecule has 1 saturated carbocycles. The lowest BCUT2D eigenvalue weighted by Gasteiger charge is -2.06. The number of anilines is 2. The molecule has 8 heteroatoms. The minimum atomic E-state index is -0.920. The zero-order chi connectivity index (χ0) is 22.4. The molecule has 1 aliphatic rings. The molecule has 2 N–H and O–H groups in total. The minimum absolute atomic E-state index is 0.129. The first-order valence-electron chi connectivity index (χ1n) is 9.89. The molecule has 1 fully saturated rings. The Morgan fingerprint density at radius 2 is 1.62 bits per heavy atom. The molecule has 1 aromatic heterocycles. The van der Waals surface area contributed by atoms with Crippen molar-refractivity contribution in [3.63, 3.8) is 0 Å². The van der Waals surface area contributed by atoms with E-state index in [4.69, 9.17) is 5.11 Å². The third-order valence-corrected chi connectivity index (χ3v) is 6.49. The van der Waals surface area contributed by atoms with E-state index in [1.165, 1.54) is 6.07 Å². The number of thiazole rings is 1. The van der Waals surface area contributed by atoms with E-state index >= 15 is 0 Å². The van der Waals surface area contributed by atoms with Gasteiger partial charge in [-0.3, -0.25) is 9.59 Å². The molecule has 3 aromatic carbocycles. The van der Waals surface area contributed by atoms with Crippen LogP contribution in [0.4, 0.5) is 19.6 Å². The minimum Gasteiger partial charge on any atom is -0.481 e. The summed E-state index contributed by atoms with van der Waals surface area (Å²) in [5.74, 6) is -3.33. The Labute approximate surface area is 185 Å². The number of ketones is 1. The normalized spacial score (nSPS) is 17.3. The molecule has 0 aliphatic heterocycles. The highest BCUT2D eigenvalue weighted by atomic mass is 32.1. The first kappa shape index (κ1) is 20.3. The summed E-state index contributed by atoms with van der Waals surface area (Å²) in [6, 6.07) is 16.6. The highest BCUT2D eigenvalue weighted by Gasteiger charge is 2.48. The smallest absolute Gasteiger partial charge is 0.307 e. The van der Waals surface area contributed by atoms with Crippen molar-refractivity contribution in [3.8, 4) is 11.1 Å². The van der Waals surface area contributed by atoms with Crippen LogP contribution in [-0.4, -0.2) is 21.8 Å². The van der Waals surface area contributed by atoms with Gasteiger partial charge >= 0.3 is 5.97 Å². The van der Waals surface area contributed by atoms with Crippen LogP contribution in [0.5, 0.6) is 0 Å². The molecule has 0 bridgehead atoms. The van der Waals surface area contributed by atoms with Crippen molar-refractivity contribution >= 4 is 44.1 Å². The van der Waals surface area contributed by atoms with Crippen LogP contribution in [0, 0.1) is 23.5 Å². The molecule has 0 amide bonds. The van der Waals surface area contributed by atoms with Crippen LogP contribution in [0.25, 0.3) is 21.3 Å². The predicted molar refractivity (Wildman–Crippen MR) is 118 cm³/mol. The third-order valence-electron chi connectivity index (χ3n) is 5.49. The Morgan fingerprint density at radius 1 is 0.969 bits per heavy atom. The number of halogens is 2. The zero-order valence-corrected chi connectivity index (χ0v) is 17.3. The van der Waals surface area contributed by atoms with Crippen molar-refractivity contribution in [1.29, 1.82) is 0 Å². The summed E-state index contributed by atoms with van der Waals surface area (Å²) in [4.78, 5) is 27.6. The topological polar surface area (TPSA) is 79.3 Å². The van der Waals surface area contributed by atoms with Gasteiger partial charge in [0.25, 0.3) is 0 Å². The second-order valence-electron chi connectivity index (χ2n) is 7.69. The van der Waals surface area contributed by atoms with E-state index in [0.717, 1.165) is 34.2 Å². The van der Waals surface area contributed by atoms with Crippen LogP contribution in [0.3, 0.4) is 0 Å². The van der Waals surface area contributed by atoms with E-state index < -0.39 is 29.4 Å². The average molecular weight is 450 g/mol. The van der Waals surface area contributed by atoms with Crippen LogP contribution >= 0.6 is 11.3 Å². The Bertz CT molecular complexity index is 1350. The number of aromatic nitrogens is 1. The maximum Gasteiger partial charge on any atom is 0.307 e. The van der Waals surface area contributed by atoms with Gasteiger partial charge in [-0.2, -0.15) is 0 Å². The predicted octanol–water partition coefficient (Wildman–Crippen LogP) is 5.89. The van der Waals surface area contributed by atoms with Crippen LogP contribution in [0.1, 0.15) is 16.8 Å². The summed E-state index contributed by atoms with van der Waals surface area (Å²) in [5, 5.41) is 12.6. The van der Waals surface area contributed by atoms with Gasteiger partial charge in [0.2, 0.25) is 0 Å². The monoisotopic (exact) mass is 450 g/mol. The van der Waals surface area contributed by atoms with Gasteiger partial charge in [0.15, 0.2) is 10.9 Å². The maximum absolute atomic E-state index is 13.9. The van der Waals surface area contributed by atoms with Crippen molar-refractivity contribution in [3.05, 3.63) is 77.9 Å². The van der Waals surface area contributed by atoms with Crippen molar-refractivity contribution in [2.75, 3.05) is 5.32 Å². The molecule has 32 heavy (non-hydrogen) atoms. The lowest BCUT2D eigenvalue weighted by atomic mass is 10.0. The van der Waals surface area contributed by atoms with Gasteiger partial charge in [0.1, 0.15) is 11.6 Å². The largest absolute Gasteiger partial charge is 0.481 e. The van der Waals surface area contributed by atoms with E-state index in [2.05, 4.69) is 10.3 Å². The second kappa shape index (κ2) is 7.80. The summed E-state index contributed by atoms with van der Waals surface area (Å²) in [7, 11) is 0. The Kier molecular flexibility index (Phi) is 4.94. The lowest BCUT2D eigenvalue weighted by Crippen LogP contribution is -2.08. The zero-order valence-electron chi connectivity index (χ0n) is 16.5. The standard InChI is InChI=1S/C24H16F2N2O3S/c25-15-9-19(26)22-20(10-15)28-24(32-22)27-16-7-5-13(6-8-16)12-1-3-14(4-2-12)21(29)17-11-18(17)23(30)31/h1-10,17-18H,11H2,(H,27,28)(H,30,31). The number of hydrogen-bond donors (Lipinski definition) is 2. The van der Waals surface area contributed by atoms with Gasteiger partial charge in [-0.1, -0.05) is 47.7 Å². The van der Waals surface area contributed by atoms with E-state index in [9.17, 15) is 18.4 Å². The van der Waals surface area contributed by atoms with Crippen molar-refractivity contribution in [1.82, 2.24) is 4.98 Å². The molecule has 2 atom stereocenters. The first-order valence-corrected chi connectivity index (χ1v) is 10.7. The van der Waals surface area contributed by atoms with Gasteiger partial charge in [-0.25, -0.2) is 13.8 Å². The first-order chi connectivity index (χ1) is 15.4. The molecule has 5 rings (SSSR count). The molecular weight excluding hydrogens is 434 g/mol. The molecule has 0 radical (unpaired) electrons. The van der Waals surface area contributed by atoms with E-state index in [1.807, 2.05) is 36.4 Å². The maximum atomic E-state index is 13.9. The van der Waals surface area contributed by atoms with Crippen LogP contribution in [-0.2, 0) is 4.79 Å². The fraction of sp³-hybridized carbons (Fsp3) is 0.125. The van der Waals surface area contributed by atoms with Gasteiger partial charge in [-0.15, -0.1) is 0 Å². The number of carboxylic acids is 1. The second-order valence-corrected chi connectivity index (χ2v) is 8.68. The number of Topliss-reactive ketones (excluding diaryl/α,β-unsaturated/α-hetero) is 1. The molecule has 4 aromatic rings. The van der Waals surface area contributed by atoms with Crippen molar-refractivity contribution < 1.29 is 23.5 Å². The van der Waals surface area contributed by atoms with E-state index in [-0.39, 0.29) is 11.3 Å². The number of hydrogen-bond acceptors (Lipinski definition) is 5. The molecule has 1 aliphatic carbocycles. The summed E-state index contributed by atoms with van der Waals surface area (Å²) in [6.45, 7) is 0. The average Bonchev–Trinajstić information content (AvgIpc) is 3.48. The van der Waals surface area contributed by atoms with Crippen molar-refractivity contribution in [2.45, 2.75) is 6.42 Å². The summed E-state index contributed by atoms with van der Waals surface area (Å²) in [5.41, 5.74) is 3.37. The molecule has 160 valence electrons. The van der Waals surface area contributed by atoms with Crippen molar-refractivity contribution in [2.24, 2.45) is 11.8 Å². The van der Waals surface area contributed by atoms with Crippen LogP contribution in [0.15, 0.2) is 60.7 Å². The van der Waals surface area contributed by atoms with Gasteiger partial charge in [-0.05, 0) is 29.7 Å².